The van der Waals surface area contributed by atoms with E-state index in [4.69, 9.17) is 4.74 Å². The third-order valence-electron chi connectivity index (χ3n) is 4.67. The number of morpholine rings is 1. The maximum absolute atomic E-state index is 12.7. The lowest BCUT2D eigenvalue weighted by Gasteiger charge is -2.23. The number of amides is 2. The summed E-state index contributed by atoms with van der Waals surface area (Å²) in [6, 6.07) is 14.7. The van der Waals surface area contributed by atoms with Crippen LogP contribution < -0.4 is 16.0 Å². The van der Waals surface area contributed by atoms with Gasteiger partial charge in [-0.3, -0.25) is 9.59 Å². The predicted octanol–water partition coefficient (Wildman–Crippen LogP) is 3.59. The van der Waals surface area contributed by atoms with Crippen LogP contribution in [0, 0.1) is 0 Å². The second-order valence-corrected chi connectivity index (χ2v) is 7.88. The molecule has 1 saturated heterocycles. The zero-order chi connectivity index (χ0) is 20.1. The molecule has 1 fully saturated rings. The first kappa shape index (κ1) is 22.9. The van der Waals surface area contributed by atoms with E-state index in [1.807, 2.05) is 36.4 Å². The second-order valence-electron chi connectivity index (χ2n) is 7.88. The van der Waals surface area contributed by atoms with Crippen LogP contribution in [0.25, 0.3) is 0 Å². The average Bonchev–Trinajstić information content (AvgIpc) is 2.69. The summed E-state index contributed by atoms with van der Waals surface area (Å²) in [7, 11) is 0. The molecule has 2 aromatic rings. The Bertz CT molecular complexity index is 841. The molecule has 1 heterocycles. The number of para-hydroxylation sites is 2. The number of carbonyl (C=O) groups is 2. The molecule has 0 aliphatic carbocycles. The quantitative estimate of drug-likeness (QED) is 0.710. The van der Waals surface area contributed by atoms with E-state index in [-0.39, 0.29) is 29.6 Å². The summed E-state index contributed by atoms with van der Waals surface area (Å²) in [6.07, 6.45) is -0.539. The molecule has 1 aliphatic heterocycles. The fourth-order valence-electron chi connectivity index (χ4n) is 2.96. The Hall–Kier alpha value is -2.41. The average molecular weight is 418 g/mol. The molecule has 3 N–H and O–H groups in total. The largest absolute Gasteiger partial charge is 0.366 e. The summed E-state index contributed by atoms with van der Waals surface area (Å²) in [5.41, 5.74) is 2.85. The van der Waals surface area contributed by atoms with Gasteiger partial charge in [-0.15, -0.1) is 12.4 Å². The zero-order valence-corrected chi connectivity index (χ0v) is 17.8. The minimum Gasteiger partial charge on any atom is -0.366 e. The lowest BCUT2D eigenvalue weighted by atomic mass is 9.87. The normalized spacial score (nSPS) is 16.4. The first-order chi connectivity index (χ1) is 13.3. The van der Waals surface area contributed by atoms with Crippen LogP contribution in [-0.2, 0) is 14.9 Å². The van der Waals surface area contributed by atoms with Gasteiger partial charge in [0, 0.05) is 18.7 Å². The molecule has 2 amide bonds. The molecular formula is C22H28ClN3O3. The van der Waals surface area contributed by atoms with Crippen molar-refractivity contribution in [3.63, 3.8) is 0 Å². The Morgan fingerprint density at radius 1 is 1.00 bits per heavy atom. The van der Waals surface area contributed by atoms with Crippen molar-refractivity contribution in [1.82, 2.24) is 5.32 Å². The van der Waals surface area contributed by atoms with Crippen molar-refractivity contribution < 1.29 is 14.3 Å². The topological polar surface area (TPSA) is 79.5 Å². The number of anilines is 2. The maximum Gasteiger partial charge on any atom is 0.255 e. The van der Waals surface area contributed by atoms with E-state index in [1.54, 1.807) is 12.1 Å². The molecule has 3 rings (SSSR count). The Labute approximate surface area is 177 Å². The number of hydrogen-bond donors (Lipinski definition) is 3. The molecule has 0 radical (unpaired) electrons. The molecule has 7 heteroatoms. The van der Waals surface area contributed by atoms with Crippen LogP contribution >= 0.6 is 12.4 Å². The van der Waals surface area contributed by atoms with E-state index >= 15 is 0 Å². The maximum atomic E-state index is 12.7. The van der Waals surface area contributed by atoms with Crippen LogP contribution in [0.5, 0.6) is 0 Å². The summed E-state index contributed by atoms with van der Waals surface area (Å²) in [5, 5.41) is 8.86. The Morgan fingerprint density at radius 3 is 2.17 bits per heavy atom. The Balaban J connectivity index is 0.00000300. The van der Waals surface area contributed by atoms with Gasteiger partial charge in [0.1, 0.15) is 6.10 Å². The third kappa shape index (κ3) is 6.03. The number of carbonyl (C=O) groups excluding carboxylic acids is 2. The van der Waals surface area contributed by atoms with Crippen molar-refractivity contribution in [1.29, 1.82) is 0 Å². The van der Waals surface area contributed by atoms with E-state index in [2.05, 4.69) is 36.7 Å². The lowest BCUT2D eigenvalue weighted by Crippen LogP contribution is -2.45. The Morgan fingerprint density at radius 2 is 1.62 bits per heavy atom. The van der Waals surface area contributed by atoms with Gasteiger partial charge in [0.15, 0.2) is 0 Å². The van der Waals surface area contributed by atoms with Crippen molar-refractivity contribution in [3.05, 3.63) is 59.7 Å². The van der Waals surface area contributed by atoms with Gasteiger partial charge in [-0.25, -0.2) is 0 Å². The summed E-state index contributed by atoms with van der Waals surface area (Å²) in [4.78, 5) is 25.1. The van der Waals surface area contributed by atoms with Crippen LogP contribution in [0.2, 0.25) is 0 Å². The molecule has 0 spiro atoms. The van der Waals surface area contributed by atoms with Crippen LogP contribution in [-0.4, -0.2) is 37.6 Å². The van der Waals surface area contributed by atoms with Gasteiger partial charge in [0.25, 0.3) is 11.8 Å². The highest BCUT2D eigenvalue weighted by Gasteiger charge is 2.22. The monoisotopic (exact) mass is 417 g/mol. The molecule has 0 saturated carbocycles. The van der Waals surface area contributed by atoms with Gasteiger partial charge >= 0.3 is 0 Å². The number of nitrogens with one attached hydrogen (secondary N) is 3. The molecule has 29 heavy (non-hydrogen) atoms. The molecule has 1 unspecified atom stereocenters. The van der Waals surface area contributed by atoms with Crippen LogP contribution in [0.3, 0.4) is 0 Å². The molecular weight excluding hydrogens is 390 g/mol. The number of rotatable bonds is 4. The van der Waals surface area contributed by atoms with Gasteiger partial charge in [-0.05, 0) is 35.2 Å². The Kier molecular flexibility index (Phi) is 7.79. The van der Waals surface area contributed by atoms with E-state index in [0.717, 1.165) is 12.1 Å². The fraction of sp³-hybridized carbons (Fsp3) is 0.364. The third-order valence-corrected chi connectivity index (χ3v) is 4.67. The van der Waals surface area contributed by atoms with Gasteiger partial charge in [0.05, 0.1) is 18.0 Å². The molecule has 2 aromatic carbocycles. The highest BCUT2D eigenvalue weighted by Crippen LogP contribution is 2.24. The molecule has 0 bridgehead atoms. The molecule has 156 valence electrons. The van der Waals surface area contributed by atoms with E-state index in [0.29, 0.717) is 30.1 Å². The van der Waals surface area contributed by atoms with E-state index < -0.39 is 6.10 Å². The van der Waals surface area contributed by atoms with Gasteiger partial charge in [0.2, 0.25) is 0 Å². The highest BCUT2D eigenvalue weighted by atomic mass is 35.5. The van der Waals surface area contributed by atoms with E-state index in [9.17, 15) is 9.59 Å². The fourth-order valence-corrected chi connectivity index (χ4v) is 2.96. The molecule has 6 nitrogen and oxygen atoms in total. The van der Waals surface area contributed by atoms with Crippen LogP contribution in [0.1, 0.15) is 36.7 Å². The zero-order valence-electron chi connectivity index (χ0n) is 17.0. The minimum atomic E-state index is -0.539. The number of hydrogen-bond acceptors (Lipinski definition) is 4. The molecule has 0 aromatic heterocycles. The lowest BCUT2D eigenvalue weighted by molar-refractivity contribution is -0.128. The van der Waals surface area contributed by atoms with Crippen molar-refractivity contribution in [2.45, 2.75) is 32.3 Å². The number of benzene rings is 2. The molecule has 1 aliphatic rings. The number of halogens is 1. The summed E-state index contributed by atoms with van der Waals surface area (Å²) < 4.78 is 5.48. The van der Waals surface area contributed by atoms with Gasteiger partial charge < -0.3 is 20.7 Å². The number of ether oxygens (including phenoxy) is 1. The van der Waals surface area contributed by atoms with Crippen molar-refractivity contribution in [2.24, 2.45) is 0 Å². The summed E-state index contributed by atoms with van der Waals surface area (Å²) in [5.74, 6) is -0.457. The minimum absolute atomic E-state index is 0. The SMILES string of the molecule is CC(C)(C)c1ccc(C(=O)Nc2ccccc2NC(=O)C2CNCCO2)cc1.Cl. The van der Waals surface area contributed by atoms with E-state index in [1.165, 1.54) is 0 Å². The predicted molar refractivity (Wildman–Crippen MR) is 118 cm³/mol. The van der Waals surface area contributed by atoms with Crippen LogP contribution in [0.4, 0.5) is 11.4 Å². The standard InChI is InChI=1S/C22H27N3O3.ClH/c1-22(2,3)16-10-8-15(9-11-16)20(26)24-17-6-4-5-7-18(17)25-21(27)19-14-23-12-13-28-19;/h4-11,19,23H,12-14H2,1-3H3,(H,24,26)(H,25,27);1H. The van der Waals surface area contributed by atoms with Crippen molar-refractivity contribution in [3.8, 4) is 0 Å². The first-order valence-electron chi connectivity index (χ1n) is 9.49. The smallest absolute Gasteiger partial charge is 0.255 e. The summed E-state index contributed by atoms with van der Waals surface area (Å²) in [6.45, 7) is 8.11. The van der Waals surface area contributed by atoms with Crippen LogP contribution in [0.15, 0.2) is 48.5 Å². The first-order valence-corrected chi connectivity index (χ1v) is 9.49. The van der Waals surface area contributed by atoms with Gasteiger partial charge in [-0.1, -0.05) is 45.0 Å². The highest BCUT2D eigenvalue weighted by molar-refractivity contribution is 6.07. The van der Waals surface area contributed by atoms with Crippen molar-refractivity contribution in [2.75, 3.05) is 30.3 Å². The molecule has 1 atom stereocenters. The summed E-state index contributed by atoms with van der Waals surface area (Å²) >= 11 is 0. The van der Waals surface area contributed by atoms with Gasteiger partial charge in [-0.2, -0.15) is 0 Å². The second kappa shape index (κ2) is 9.87. The van der Waals surface area contributed by atoms with Crippen molar-refractivity contribution >= 4 is 35.6 Å².